The van der Waals surface area contributed by atoms with Crippen molar-refractivity contribution in [1.82, 2.24) is 5.32 Å². The molecular formula is C11H14N2. The smallest absolute Gasteiger partial charge is 0.0669 e. The van der Waals surface area contributed by atoms with Crippen LogP contribution in [0.25, 0.3) is 0 Å². The van der Waals surface area contributed by atoms with Gasteiger partial charge in [0.1, 0.15) is 0 Å². The molecule has 0 fully saturated rings. The van der Waals surface area contributed by atoms with E-state index in [0.717, 1.165) is 5.56 Å². The third-order valence-electron chi connectivity index (χ3n) is 2.17. The Morgan fingerprint density at radius 3 is 2.92 bits per heavy atom. The van der Waals surface area contributed by atoms with Crippen LogP contribution in [0.2, 0.25) is 0 Å². The standard InChI is InChI=1S/C11H14N2/c1-9(13-2)11-5-3-4-10(8-11)6-7-12/h3-5,8-9,13H,6H2,1-2H3/t9-/m0/s1. The van der Waals surface area contributed by atoms with Gasteiger partial charge in [0.2, 0.25) is 0 Å². The fourth-order valence-electron chi connectivity index (χ4n) is 1.23. The first-order valence-corrected chi connectivity index (χ1v) is 4.41. The van der Waals surface area contributed by atoms with E-state index in [2.05, 4.69) is 30.4 Å². The zero-order chi connectivity index (χ0) is 9.68. The lowest BCUT2D eigenvalue weighted by Crippen LogP contribution is -2.12. The zero-order valence-electron chi connectivity index (χ0n) is 8.04. The highest BCUT2D eigenvalue weighted by atomic mass is 14.8. The number of hydrogen-bond acceptors (Lipinski definition) is 2. The molecule has 68 valence electrons. The summed E-state index contributed by atoms with van der Waals surface area (Å²) in [5, 5.41) is 11.7. The highest BCUT2D eigenvalue weighted by molar-refractivity contribution is 5.27. The minimum Gasteiger partial charge on any atom is -0.313 e. The molecule has 1 N–H and O–H groups in total. The third kappa shape index (κ3) is 2.57. The van der Waals surface area contributed by atoms with Crippen LogP contribution in [0.1, 0.15) is 24.1 Å². The molecule has 0 saturated heterocycles. The molecular weight excluding hydrogens is 160 g/mol. The second kappa shape index (κ2) is 4.64. The lowest BCUT2D eigenvalue weighted by Gasteiger charge is -2.10. The average Bonchev–Trinajstić information content (AvgIpc) is 2.18. The molecule has 0 radical (unpaired) electrons. The highest BCUT2D eigenvalue weighted by Crippen LogP contribution is 2.13. The van der Waals surface area contributed by atoms with Gasteiger partial charge in [-0.2, -0.15) is 5.26 Å². The largest absolute Gasteiger partial charge is 0.313 e. The number of hydrogen-bond donors (Lipinski definition) is 1. The lowest BCUT2D eigenvalue weighted by molar-refractivity contribution is 0.651. The van der Waals surface area contributed by atoms with Crippen LogP contribution in [0.5, 0.6) is 0 Å². The van der Waals surface area contributed by atoms with Crippen LogP contribution in [0.3, 0.4) is 0 Å². The summed E-state index contributed by atoms with van der Waals surface area (Å²) in [7, 11) is 1.93. The molecule has 0 saturated carbocycles. The Morgan fingerprint density at radius 1 is 1.54 bits per heavy atom. The molecule has 0 aromatic heterocycles. The van der Waals surface area contributed by atoms with Gasteiger partial charge in [0, 0.05) is 6.04 Å². The van der Waals surface area contributed by atoms with E-state index in [1.807, 2.05) is 19.2 Å². The fraction of sp³-hybridized carbons (Fsp3) is 0.364. The van der Waals surface area contributed by atoms with Gasteiger partial charge in [-0.25, -0.2) is 0 Å². The van der Waals surface area contributed by atoms with E-state index in [4.69, 9.17) is 5.26 Å². The number of nitrogens with zero attached hydrogens (tertiary/aromatic N) is 1. The van der Waals surface area contributed by atoms with Gasteiger partial charge in [-0.15, -0.1) is 0 Å². The van der Waals surface area contributed by atoms with Gasteiger partial charge in [0.05, 0.1) is 12.5 Å². The van der Waals surface area contributed by atoms with E-state index in [0.29, 0.717) is 12.5 Å². The molecule has 0 bridgehead atoms. The molecule has 0 unspecified atom stereocenters. The molecule has 1 aromatic carbocycles. The van der Waals surface area contributed by atoms with E-state index in [9.17, 15) is 0 Å². The number of nitrogens with one attached hydrogen (secondary N) is 1. The van der Waals surface area contributed by atoms with Crippen molar-refractivity contribution in [3.8, 4) is 6.07 Å². The first-order valence-electron chi connectivity index (χ1n) is 4.41. The summed E-state index contributed by atoms with van der Waals surface area (Å²) >= 11 is 0. The summed E-state index contributed by atoms with van der Waals surface area (Å²) in [6.07, 6.45) is 0.490. The van der Waals surface area contributed by atoms with Crippen LogP contribution >= 0.6 is 0 Å². The first kappa shape index (κ1) is 9.76. The summed E-state index contributed by atoms with van der Waals surface area (Å²) in [5.74, 6) is 0. The second-order valence-corrected chi connectivity index (χ2v) is 3.09. The minimum atomic E-state index is 0.346. The normalized spacial score (nSPS) is 12.1. The molecule has 0 aliphatic rings. The zero-order valence-corrected chi connectivity index (χ0v) is 8.04. The Balaban J connectivity index is 2.86. The van der Waals surface area contributed by atoms with E-state index < -0.39 is 0 Å². The van der Waals surface area contributed by atoms with Gasteiger partial charge < -0.3 is 5.32 Å². The topological polar surface area (TPSA) is 35.8 Å². The monoisotopic (exact) mass is 174 g/mol. The van der Waals surface area contributed by atoms with Crippen molar-refractivity contribution in [1.29, 1.82) is 5.26 Å². The maximum absolute atomic E-state index is 8.54. The second-order valence-electron chi connectivity index (χ2n) is 3.09. The highest BCUT2D eigenvalue weighted by Gasteiger charge is 2.02. The Labute approximate surface area is 79.2 Å². The lowest BCUT2D eigenvalue weighted by atomic mass is 10.0. The van der Waals surface area contributed by atoms with Crippen LogP contribution in [0.15, 0.2) is 24.3 Å². The van der Waals surface area contributed by atoms with Crippen LogP contribution in [-0.4, -0.2) is 7.05 Å². The van der Waals surface area contributed by atoms with Gasteiger partial charge in [0.25, 0.3) is 0 Å². The van der Waals surface area contributed by atoms with Gasteiger partial charge in [-0.05, 0) is 25.1 Å². The summed E-state index contributed by atoms with van der Waals surface area (Å²) in [6, 6.07) is 10.6. The molecule has 0 spiro atoms. The summed E-state index contributed by atoms with van der Waals surface area (Å²) in [4.78, 5) is 0. The summed E-state index contributed by atoms with van der Waals surface area (Å²) in [5.41, 5.74) is 2.32. The van der Waals surface area contributed by atoms with E-state index in [-0.39, 0.29) is 0 Å². The Kier molecular flexibility index (Phi) is 3.48. The molecule has 2 heteroatoms. The van der Waals surface area contributed by atoms with Gasteiger partial charge in [-0.3, -0.25) is 0 Å². The van der Waals surface area contributed by atoms with E-state index in [1.165, 1.54) is 5.56 Å². The van der Waals surface area contributed by atoms with Crippen molar-refractivity contribution in [2.24, 2.45) is 0 Å². The number of benzene rings is 1. The molecule has 0 aliphatic heterocycles. The molecule has 13 heavy (non-hydrogen) atoms. The predicted octanol–water partition coefficient (Wildman–Crippen LogP) is 2.03. The Hall–Kier alpha value is -1.33. The molecule has 2 nitrogen and oxygen atoms in total. The average molecular weight is 174 g/mol. The molecule has 1 aromatic rings. The maximum atomic E-state index is 8.54. The van der Waals surface area contributed by atoms with Crippen LogP contribution in [0.4, 0.5) is 0 Å². The minimum absolute atomic E-state index is 0.346. The Bertz CT molecular complexity index is 312. The third-order valence-corrected chi connectivity index (χ3v) is 2.17. The fourth-order valence-corrected chi connectivity index (χ4v) is 1.23. The molecule has 0 amide bonds. The number of nitriles is 1. The summed E-state index contributed by atoms with van der Waals surface area (Å²) in [6.45, 7) is 2.10. The SMILES string of the molecule is CN[C@@H](C)c1cccc(CC#N)c1. The van der Waals surface area contributed by atoms with Crippen molar-refractivity contribution < 1.29 is 0 Å². The van der Waals surface area contributed by atoms with Crippen molar-refractivity contribution >= 4 is 0 Å². The molecule has 1 atom stereocenters. The maximum Gasteiger partial charge on any atom is 0.0669 e. The summed E-state index contributed by atoms with van der Waals surface area (Å²) < 4.78 is 0. The molecule has 0 heterocycles. The van der Waals surface area contributed by atoms with Crippen LogP contribution in [-0.2, 0) is 6.42 Å². The van der Waals surface area contributed by atoms with Crippen molar-refractivity contribution in [3.05, 3.63) is 35.4 Å². The van der Waals surface area contributed by atoms with Crippen molar-refractivity contribution in [2.45, 2.75) is 19.4 Å². The van der Waals surface area contributed by atoms with Gasteiger partial charge >= 0.3 is 0 Å². The van der Waals surface area contributed by atoms with Crippen LogP contribution in [0, 0.1) is 11.3 Å². The molecule has 0 aliphatic carbocycles. The van der Waals surface area contributed by atoms with Crippen molar-refractivity contribution in [3.63, 3.8) is 0 Å². The van der Waals surface area contributed by atoms with E-state index in [1.54, 1.807) is 0 Å². The molecule has 1 rings (SSSR count). The van der Waals surface area contributed by atoms with Gasteiger partial charge in [0.15, 0.2) is 0 Å². The predicted molar refractivity (Wildman–Crippen MR) is 53.2 cm³/mol. The van der Waals surface area contributed by atoms with Crippen molar-refractivity contribution in [2.75, 3.05) is 7.05 Å². The van der Waals surface area contributed by atoms with E-state index >= 15 is 0 Å². The Morgan fingerprint density at radius 2 is 2.31 bits per heavy atom. The first-order chi connectivity index (χ1) is 6.27. The number of rotatable bonds is 3. The van der Waals surface area contributed by atoms with Gasteiger partial charge in [-0.1, -0.05) is 24.3 Å². The quantitative estimate of drug-likeness (QED) is 0.761. The van der Waals surface area contributed by atoms with Crippen LogP contribution < -0.4 is 5.32 Å².